The Morgan fingerprint density at radius 3 is 2.58 bits per heavy atom. The van der Waals surface area contributed by atoms with Crippen molar-refractivity contribution in [1.82, 2.24) is 9.80 Å². The van der Waals surface area contributed by atoms with Gasteiger partial charge in [-0.3, -0.25) is 4.90 Å². The molecule has 3 heterocycles. The van der Waals surface area contributed by atoms with Crippen LogP contribution in [0.4, 0.5) is 8.78 Å². The molecule has 1 aromatic carbocycles. The molecule has 2 fully saturated rings. The average Bonchev–Trinajstić information content (AvgIpc) is 3.21. The second-order valence-corrected chi connectivity index (χ2v) is 8.67. The van der Waals surface area contributed by atoms with Gasteiger partial charge in [-0.15, -0.1) is 10.2 Å². The van der Waals surface area contributed by atoms with Gasteiger partial charge in [-0.2, -0.15) is 8.78 Å². The summed E-state index contributed by atoms with van der Waals surface area (Å²) in [5.74, 6) is 1.48. The number of morpholine rings is 1. The average molecular weight is 456 g/mol. The summed E-state index contributed by atoms with van der Waals surface area (Å²) in [6.45, 7) is -0.0860. The predicted molar refractivity (Wildman–Crippen MR) is 116 cm³/mol. The Labute approximate surface area is 185 Å². The van der Waals surface area contributed by atoms with E-state index < -0.39 is 6.61 Å². The molecule has 170 valence electrons. The van der Waals surface area contributed by atoms with Crippen LogP contribution in [0.1, 0.15) is 24.8 Å². The van der Waals surface area contributed by atoms with Crippen LogP contribution < -0.4 is 5.73 Å². The van der Waals surface area contributed by atoms with E-state index in [1.54, 1.807) is 0 Å². The van der Waals surface area contributed by atoms with Crippen LogP contribution in [-0.2, 0) is 15.9 Å². The van der Waals surface area contributed by atoms with Gasteiger partial charge in [0.2, 0.25) is 0 Å². The smallest absolute Gasteiger partial charge is 0.345 e. The van der Waals surface area contributed by atoms with E-state index in [9.17, 15) is 8.78 Å². The third-order valence-electron chi connectivity index (χ3n) is 6.13. The van der Waals surface area contributed by atoms with Gasteiger partial charge in [-0.25, -0.2) is 0 Å². The third-order valence-corrected chi connectivity index (χ3v) is 6.38. The molecule has 2 N–H and O–H groups in total. The molecule has 0 unspecified atom stereocenters. The zero-order chi connectivity index (χ0) is 21.8. The molecule has 1 aromatic rings. The van der Waals surface area contributed by atoms with Crippen LogP contribution in [0, 0.1) is 0 Å². The van der Waals surface area contributed by atoms with Crippen molar-refractivity contribution in [1.29, 1.82) is 0 Å². The Bertz CT molecular complexity index is 799. The fourth-order valence-electron chi connectivity index (χ4n) is 4.56. The largest absolute Gasteiger partial charge is 0.385 e. The fourth-order valence-corrected chi connectivity index (χ4v) is 4.69. The van der Waals surface area contributed by atoms with Crippen molar-refractivity contribution in [3.8, 4) is 0 Å². The lowest BCUT2D eigenvalue weighted by molar-refractivity contribution is -0.175. The van der Waals surface area contributed by atoms with Crippen LogP contribution in [0.25, 0.3) is 0 Å². The minimum Gasteiger partial charge on any atom is -0.385 e. The minimum atomic E-state index is -2.78. The van der Waals surface area contributed by atoms with Gasteiger partial charge in [0.25, 0.3) is 0 Å². The molecular formula is C21H28ClF2N5O2. The summed E-state index contributed by atoms with van der Waals surface area (Å²) in [5, 5.41) is 8.83. The molecule has 3 aliphatic heterocycles. The molecule has 0 aromatic heterocycles. The maximum absolute atomic E-state index is 12.5. The summed E-state index contributed by atoms with van der Waals surface area (Å²) in [7, 11) is 0. The summed E-state index contributed by atoms with van der Waals surface area (Å²) < 4.78 is 35.5. The molecule has 0 bridgehead atoms. The number of alkyl halides is 2. The highest BCUT2D eigenvalue weighted by Gasteiger charge is 2.36. The van der Waals surface area contributed by atoms with Gasteiger partial charge in [0.1, 0.15) is 11.7 Å². The number of nitrogens with two attached hydrogens (primary N) is 1. The lowest BCUT2D eigenvalue weighted by atomic mass is 9.96. The second-order valence-electron chi connectivity index (χ2n) is 8.23. The van der Waals surface area contributed by atoms with Gasteiger partial charge >= 0.3 is 6.61 Å². The number of ether oxygens (including phenoxy) is 2. The molecule has 0 radical (unpaired) electrons. The fraction of sp³-hybridized carbons (Fsp3) is 0.619. The zero-order valence-electron chi connectivity index (χ0n) is 17.3. The highest BCUT2D eigenvalue weighted by Crippen LogP contribution is 2.26. The van der Waals surface area contributed by atoms with Crippen molar-refractivity contribution in [2.24, 2.45) is 15.9 Å². The van der Waals surface area contributed by atoms with Crippen LogP contribution in [0.3, 0.4) is 0 Å². The Hall–Kier alpha value is -1.81. The van der Waals surface area contributed by atoms with Crippen LogP contribution in [0.15, 0.2) is 34.5 Å². The molecule has 2 atom stereocenters. The molecule has 7 nitrogen and oxygen atoms in total. The summed E-state index contributed by atoms with van der Waals surface area (Å²) in [4.78, 5) is 4.67. The van der Waals surface area contributed by atoms with E-state index in [1.807, 2.05) is 24.3 Å². The molecule has 31 heavy (non-hydrogen) atoms. The summed E-state index contributed by atoms with van der Waals surface area (Å²) in [6, 6.07) is 8.34. The number of hydrogen-bond acceptors (Lipinski definition) is 7. The van der Waals surface area contributed by atoms with Gasteiger partial charge < -0.3 is 20.1 Å². The predicted octanol–water partition coefficient (Wildman–Crippen LogP) is 2.73. The Balaban J connectivity index is 1.40. The maximum atomic E-state index is 12.5. The van der Waals surface area contributed by atoms with Crippen molar-refractivity contribution in [3.63, 3.8) is 0 Å². The first-order valence-corrected chi connectivity index (χ1v) is 11.0. The van der Waals surface area contributed by atoms with E-state index in [4.69, 9.17) is 22.1 Å². The number of hydrogen-bond donors (Lipinski definition) is 1. The van der Waals surface area contributed by atoms with E-state index in [0.29, 0.717) is 36.5 Å². The molecule has 0 aliphatic carbocycles. The highest BCUT2D eigenvalue weighted by atomic mass is 35.5. The number of benzene rings is 1. The number of piperidine rings is 1. The number of amidine groups is 2. The molecule has 2 saturated heterocycles. The van der Waals surface area contributed by atoms with E-state index in [2.05, 4.69) is 24.7 Å². The molecule has 4 rings (SSSR count). The Morgan fingerprint density at radius 1 is 1.19 bits per heavy atom. The Kier molecular flexibility index (Phi) is 7.37. The second kappa shape index (κ2) is 10.2. The van der Waals surface area contributed by atoms with Crippen LogP contribution in [0.5, 0.6) is 0 Å². The number of likely N-dealkylation sites (tertiary alicyclic amines) is 1. The van der Waals surface area contributed by atoms with Gasteiger partial charge in [0.15, 0.2) is 0 Å². The lowest BCUT2D eigenvalue weighted by Crippen LogP contribution is -2.58. The summed E-state index contributed by atoms with van der Waals surface area (Å²) in [6.07, 6.45) is 2.98. The van der Waals surface area contributed by atoms with Crippen molar-refractivity contribution in [3.05, 3.63) is 34.9 Å². The standard InChI is InChI=1S/C21H28ClF2N5O2/c22-15-3-1-14(2-4-15)9-17-12-30-18(13-31-21(23)24)11-29(17)16-5-7-28(8-6-16)20-10-19(25)26-27-20/h1-4,16-18,21H,5-13H2,(H2,25,26)/t17-,18+/m0/s1. The lowest BCUT2D eigenvalue weighted by Gasteiger charge is -2.47. The summed E-state index contributed by atoms with van der Waals surface area (Å²) in [5.41, 5.74) is 6.93. The first-order chi connectivity index (χ1) is 15.0. The van der Waals surface area contributed by atoms with Crippen LogP contribution >= 0.6 is 11.6 Å². The van der Waals surface area contributed by atoms with Crippen molar-refractivity contribution < 1.29 is 18.3 Å². The van der Waals surface area contributed by atoms with E-state index in [-0.39, 0.29) is 18.8 Å². The van der Waals surface area contributed by atoms with E-state index >= 15 is 0 Å². The summed E-state index contributed by atoms with van der Waals surface area (Å²) >= 11 is 6.02. The minimum absolute atomic E-state index is 0.103. The van der Waals surface area contributed by atoms with Gasteiger partial charge in [0.05, 0.1) is 25.7 Å². The van der Waals surface area contributed by atoms with Gasteiger partial charge in [-0.1, -0.05) is 23.7 Å². The maximum Gasteiger partial charge on any atom is 0.345 e. The molecule has 0 spiro atoms. The highest BCUT2D eigenvalue weighted by molar-refractivity contribution is 6.30. The van der Waals surface area contributed by atoms with Crippen LogP contribution in [-0.4, -0.2) is 79.1 Å². The van der Waals surface area contributed by atoms with Crippen LogP contribution in [0.2, 0.25) is 5.02 Å². The zero-order valence-corrected chi connectivity index (χ0v) is 18.1. The normalized spacial score (nSPS) is 25.7. The Morgan fingerprint density at radius 2 is 1.94 bits per heavy atom. The van der Waals surface area contributed by atoms with Crippen molar-refractivity contribution in [2.45, 2.75) is 50.5 Å². The molecule has 3 aliphatic rings. The number of halogens is 3. The molecular weight excluding hydrogens is 428 g/mol. The SMILES string of the molecule is NC1=NN=C(N2CCC(N3C[C@H](COC(F)F)OC[C@@H]3Cc3ccc(Cl)cc3)CC2)C1. The van der Waals surface area contributed by atoms with Crippen molar-refractivity contribution >= 4 is 23.3 Å². The quantitative estimate of drug-likeness (QED) is 0.713. The molecule has 0 saturated carbocycles. The van der Waals surface area contributed by atoms with Crippen molar-refractivity contribution in [2.75, 3.05) is 32.8 Å². The number of nitrogens with zero attached hydrogens (tertiary/aromatic N) is 4. The van der Waals surface area contributed by atoms with E-state index in [0.717, 1.165) is 38.2 Å². The monoisotopic (exact) mass is 455 g/mol. The first kappa shape index (κ1) is 22.4. The third kappa shape index (κ3) is 5.91. The molecule has 10 heteroatoms. The van der Waals surface area contributed by atoms with E-state index in [1.165, 1.54) is 5.56 Å². The topological polar surface area (TPSA) is 75.7 Å². The van der Waals surface area contributed by atoms with Gasteiger partial charge in [0, 0.05) is 36.7 Å². The number of rotatable bonds is 6. The first-order valence-electron chi connectivity index (χ1n) is 10.6. The van der Waals surface area contributed by atoms with Gasteiger partial charge in [-0.05, 0) is 37.0 Å². The molecule has 0 amide bonds.